The van der Waals surface area contributed by atoms with Crippen molar-refractivity contribution in [1.29, 1.82) is 0 Å². The van der Waals surface area contributed by atoms with Gasteiger partial charge in [-0.25, -0.2) is 14.4 Å². The normalized spacial score (nSPS) is 14.0. The molecule has 0 spiro atoms. The maximum absolute atomic E-state index is 12.3. The molecule has 2 atom stereocenters. The number of amides is 1. The van der Waals surface area contributed by atoms with Crippen LogP contribution in [0, 0.1) is 5.92 Å². The van der Waals surface area contributed by atoms with Gasteiger partial charge < -0.3 is 29.5 Å². The number of aliphatic carboxylic acids is 1. The van der Waals surface area contributed by atoms with E-state index < -0.39 is 53.9 Å². The first kappa shape index (κ1) is 32.4. The second kappa shape index (κ2) is 14.1. The molecule has 3 N–H and O–H groups in total. The van der Waals surface area contributed by atoms with Crippen LogP contribution in [0.25, 0.3) is 0 Å². The summed E-state index contributed by atoms with van der Waals surface area (Å²) in [6.07, 6.45) is -5.72. The van der Waals surface area contributed by atoms with E-state index in [1.807, 2.05) is 0 Å². The van der Waals surface area contributed by atoms with Gasteiger partial charge in [0, 0.05) is 6.42 Å². The van der Waals surface area contributed by atoms with Crippen LogP contribution in [0.5, 0.6) is 0 Å². The molecule has 10 nitrogen and oxygen atoms in total. The molecule has 0 aliphatic heterocycles. The third kappa shape index (κ3) is 17.5. The number of alkyl halides is 3. The second-order valence-electron chi connectivity index (χ2n) is 10.0. The highest BCUT2D eigenvalue weighted by molar-refractivity contribution is 5.75. The molecular formula is C22H38F3N2O8+. The Hall–Kier alpha value is -2.57. The fourth-order valence-electron chi connectivity index (χ4n) is 2.89. The first-order valence-corrected chi connectivity index (χ1v) is 11.3. The summed E-state index contributed by atoms with van der Waals surface area (Å²) in [5.41, 5.74) is -1.40. The quantitative estimate of drug-likeness (QED) is 0.192. The molecule has 35 heavy (non-hydrogen) atoms. The zero-order valence-corrected chi connectivity index (χ0v) is 21.2. The van der Waals surface area contributed by atoms with Crippen molar-refractivity contribution in [2.24, 2.45) is 5.92 Å². The lowest BCUT2D eigenvalue weighted by Crippen LogP contribution is -3.13. The molecule has 0 aliphatic rings. The number of halogens is 3. The Bertz CT molecular complexity index is 715. The molecule has 0 saturated carbocycles. The molecule has 204 valence electrons. The van der Waals surface area contributed by atoms with E-state index in [1.165, 1.54) is 0 Å². The Balaban J connectivity index is 4.90. The van der Waals surface area contributed by atoms with Crippen molar-refractivity contribution in [1.82, 2.24) is 5.32 Å². The van der Waals surface area contributed by atoms with Crippen molar-refractivity contribution in [3.05, 3.63) is 0 Å². The Morgan fingerprint density at radius 3 is 1.97 bits per heavy atom. The number of alkyl carbamates (subject to hydrolysis) is 1. The molecule has 0 radical (unpaired) electrons. The number of nitrogens with one attached hydrogen (secondary N) is 2. The van der Waals surface area contributed by atoms with Crippen LogP contribution in [0.1, 0.15) is 60.8 Å². The number of carbonyl (C=O) groups is 4. The van der Waals surface area contributed by atoms with Gasteiger partial charge >= 0.3 is 30.2 Å². The molecule has 0 aromatic rings. The van der Waals surface area contributed by atoms with Gasteiger partial charge in [0.15, 0.2) is 6.54 Å². The van der Waals surface area contributed by atoms with Gasteiger partial charge in [0.05, 0.1) is 32.2 Å². The Kier molecular flexibility index (Phi) is 13.1. The van der Waals surface area contributed by atoms with Gasteiger partial charge in [0.25, 0.3) is 0 Å². The first-order valence-electron chi connectivity index (χ1n) is 11.3. The number of hydrogen-bond donors (Lipinski definition) is 3. The van der Waals surface area contributed by atoms with Gasteiger partial charge in [-0.3, -0.25) is 4.79 Å². The van der Waals surface area contributed by atoms with Gasteiger partial charge in [0.2, 0.25) is 0 Å². The molecule has 0 aromatic heterocycles. The van der Waals surface area contributed by atoms with Crippen LogP contribution < -0.4 is 10.2 Å². The van der Waals surface area contributed by atoms with Crippen LogP contribution in [-0.4, -0.2) is 79.3 Å². The standard InChI is InChI=1S/C22H37F3N2O8/c1-20(2,3)34-16(28)14-27(12-10-26-19(32)35-21(4,5)6)11-9-15(17(29)30)8-7-13-33-18(31)22(23,24)25/h15H,7-14H2,1-6H3,(H,26,32)(H,29,30)/p+1. The Morgan fingerprint density at radius 2 is 1.49 bits per heavy atom. The van der Waals surface area contributed by atoms with Crippen LogP contribution in [0.15, 0.2) is 0 Å². The lowest BCUT2D eigenvalue weighted by molar-refractivity contribution is -0.892. The molecular weight excluding hydrogens is 477 g/mol. The zero-order chi connectivity index (χ0) is 27.4. The summed E-state index contributed by atoms with van der Waals surface area (Å²) in [5.74, 6) is -4.91. The molecule has 0 rings (SSSR count). The number of ether oxygens (including phenoxy) is 3. The van der Waals surface area contributed by atoms with E-state index in [9.17, 15) is 37.5 Å². The van der Waals surface area contributed by atoms with E-state index in [1.54, 1.807) is 41.5 Å². The molecule has 0 fully saturated rings. The van der Waals surface area contributed by atoms with Crippen LogP contribution in [0.4, 0.5) is 18.0 Å². The summed E-state index contributed by atoms with van der Waals surface area (Å²) in [4.78, 5) is 47.1. The molecule has 0 aromatic carbocycles. The number of hydrogen-bond acceptors (Lipinski definition) is 7. The highest BCUT2D eigenvalue weighted by Gasteiger charge is 2.40. The van der Waals surface area contributed by atoms with Crippen molar-refractivity contribution < 1.29 is 56.6 Å². The van der Waals surface area contributed by atoms with Crippen molar-refractivity contribution in [3.63, 3.8) is 0 Å². The fourth-order valence-corrected chi connectivity index (χ4v) is 2.89. The molecule has 1 amide bonds. The predicted octanol–water partition coefficient (Wildman–Crippen LogP) is 1.71. The van der Waals surface area contributed by atoms with Gasteiger partial charge in [0.1, 0.15) is 11.2 Å². The van der Waals surface area contributed by atoms with E-state index in [4.69, 9.17) is 9.47 Å². The molecule has 0 bridgehead atoms. The van der Waals surface area contributed by atoms with E-state index in [2.05, 4.69) is 10.1 Å². The van der Waals surface area contributed by atoms with Crippen LogP contribution in [-0.2, 0) is 28.6 Å². The number of esters is 2. The summed E-state index contributed by atoms with van der Waals surface area (Å²) in [7, 11) is 0. The highest BCUT2D eigenvalue weighted by Crippen LogP contribution is 2.17. The molecule has 0 aliphatic carbocycles. The maximum Gasteiger partial charge on any atom is 0.490 e. The lowest BCUT2D eigenvalue weighted by atomic mass is 9.99. The van der Waals surface area contributed by atoms with Gasteiger partial charge in [-0.1, -0.05) is 0 Å². The van der Waals surface area contributed by atoms with Crippen molar-refractivity contribution in [2.45, 2.75) is 78.2 Å². The van der Waals surface area contributed by atoms with E-state index in [-0.39, 0.29) is 45.4 Å². The van der Waals surface area contributed by atoms with Crippen LogP contribution in [0.3, 0.4) is 0 Å². The van der Waals surface area contributed by atoms with Crippen molar-refractivity contribution in [2.75, 3.05) is 32.8 Å². The molecule has 0 saturated heterocycles. The summed E-state index contributed by atoms with van der Waals surface area (Å²) in [5, 5.41) is 12.0. The third-order valence-electron chi connectivity index (χ3n) is 4.32. The fraction of sp³-hybridized carbons (Fsp3) is 0.818. The van der Waals surface area contributed by atoms with Gasteiger partial charge in [-0.2, -0.15) is 13.2 Å². The van der Waals surface area contributed by atoms with E-state index in [0.29, 0.717) is 4.90 Å². The SMILES string of the molecule is CC(C)(C)OC(=O)C[NH+](CCNC(=O)OC(C)(C)C)CCC(CCCOC(=O)C(F)(F)F)C(=O)O. The number of carbonyl (C=O) groups excluding carboxylic acids is 3. The number of carboxylic acids is 1. The second-order valence-corrected chi connectivity index (χ2v) is 10.0. The third-order valence-corrected chi connectivity index (χ3v) is 4.32. The largest absolute Gasteiger partial charge is 0.490 e. The Morgan fingerprint density at radius 1 is 0.914 bits per heavy atom. The van der Waals surface area contributed by atoms with Crippen molar-refractivity contribution in [3.8, 4) is 0 Å². The summed E-state index contributed by atoms with van der Waals surface area (Å²) in [6.45, 7) is 10.3. The minimum Gasteiger partial charge on any atom is -0.481 e. The maximum atomic E-state index is 12.3. The topological polar surface area (TPSA) is 133 Å². The van der Waals surface area contributed by atoms with Crippen molar-refractivity contribution >= 4 is 24.0 Å². The van der Waals surface area contributed by atoms with Gasteiger partial charge in [-0.15, -0.1) is 0 Å². The average molecular weight is 516 g/mol. The summed E-state index contributed by atoms with van der Waals surface area (Å²) < 4.78 is 51.1. The number of quaternary nitrogens is 1. The zero-order valence-electron chi connectivity index (χ0n) is 21.2. The molecule has 0 heterocycles. The minimum atomic E-state index is -5.11. The van der Waals surface area contributed by atoms with E-state index >= 15 is 0 Å². The summed E-state index contributed by atoms with van der Waals surface area (Å²) in [6, 6.07) is 0. The number of carboxylic acid groups (broad SMARTS) is 1. The molecule has 2 unspecified atom stereocenters. The average Bonchev–Trinajstić information content (AvgIpc) is 2.62. The smallest absolute Gasteiger partial charge is 0.481 e. The highest BCUT2D eigenvalue weighted by atomic mass is 19.4. The van der Waals surface area contributed by atoms with E-state index in [0.717, 1.165) is 0 Å². The van der Waals surface area contributed by atoms with Crippen LogP contribution in [0.2, 0.25) is 0 Å². The first-order chi connectivity index (χ1) is 15.8. The van der Waals surface area contributed by atoms with Gasteiger partial charge in [-0.05, 0) is 54.4 Å². The minimum absolute atomic E-state index is 0.0175. The Labute approximate surface area is 203 Å². The molecule has 13 heteroatoms. The lowest BCUT2D eigenvalue weighted by Gasteiger charge is -2.24. The number of rotatable bonds is 13. The summed E-state index contributed by atoms with van der Waals surface area (Å²) >= 11 is 0. The van der Waals surface area contributed by atoms with Crippen LogP contribution >= 0.6 is 0 Å². The predicted molar refractivity (Wildman–Crippen MR) is 118 cm³/mol. The monoisotopic (exact) mass is 515 g/mol.